The second kappa shape index (κ2) is 12.5. The molecule has 0 unspecified atom stereocenters. The van der Waals surface area contributed by atoms with Crippen LogP contribution < -0.4 is 0 Å². The van der Waals surface area contributed by atoms with Gasteiger partial charge in [-0.15, -0.1) is 0 Å². The number of unbranched alkanes of at least 4 members (excludes halogenated alkanes) is 3. The van der Waals surface area contributed by atoms with Crippen molar-refractivity contribution in [3.05, 3.63) is 35.5 Å². The van der Waals surface area contributed by atoms with Gasteiger partial charge in [-0.2, -0.15) is 0 Å². The smallest absolute Gasteiger partial charge is 0.139 e. The Labute approximate surface area is 231 Å². The van der Waals surface area contributed by atoms with Crippen LogP contribution in [0.2, 0.25) is 0 Å². The molecule has 0 heterocycles. The van der Waals surface area contributed by atoms with Crippen LogP contribution in [0.5, 0.6) is 0 Å². The fourth-order valence-corrected chi connectivity index (χ4v) is 8.36. The van der Waals surface area contributed by atoms with Gasteiger partial charge in [0.25, 0.3) is 0 Å². The van der Waals surface area contributed by atoms with Gasteiger partial charge in [0.05, 0.1) is 18.3 Å². The minimum absolute atomic E-state index is 0.118. The summed E-state index contributed by atoms with van der Waals surface area (Å²) in [4.78, 5) is 12.9. The van der Waals surface area contributed by atoms with E-state index in [4.69, 9.17) is 0 Å². The summed E-state index contributed by atoms with van der Waals surface area (Å²) in [5, 5.41) is 31.7. The summed E-state index contributed by atoms with van der Waals surface area (Å²) < 4.78 is 0. The van der Waals surface area contributed by atoms with Crippen LogP contribution >= 0.6 is 0 Å². The lowest BCUT2D eigenvalue weighted by molar-refractivity contribution is -0.124. The van der Waals surface area contributed by atoms with Crippen molar-refractivity contribution in [1.29, 1.82) is 0 Å². The second-order valence-electron chi connectivity index (χ2n) is 13.6. The molecule has 0 aromatic heterocycles. The number of hydrogen-bond acceptors (Lipinski definition) is 4. The van der Waals surface area contributed by atoms with Gasteiger partial charge in [0.2, 0.25) is 0 Å². The quantitative estimate of drug-likeness (QED) is 0.235. The third kappa shape index (κ3) is 6.39. The van der Waals surface area contributed by atoms with Gasteiger partial charge in [-0.25, -0.2) is 0 Å². The molecule has 0 amide bonds. The number of ketones is 1. The summed E-state index contributed by atoms with van der Waals surface area (Å²) in [6.45, 7) is 11.0. The van der Waals surface area contributed by atoms with Crippen LogP contribution in [-0.4, -0.2) is 39.4 Å². The molecule has 4 fully saturated rings. The van der Waals surface area contributed by atoms with Crippen LogP contribution in [0.15, 0.2) is 35.5 Å². The zero-order chi connectivity index (χ0) is 27.5. The van der Waals surface area contributed by atoms with E-state index >= 15 is 0 Å². The first-order valence-electron chi connectivity index (χ1n) is 15.8. The summed E-state index contributed by atoms with van der Waals surface area (Å²) in [5.74, 6) is 1.71. The molecule has 7 atom stereocenters. The van der Waals surface area contributed by atoms with E-state index in [1.54, 1.807) is 0 Å². The third-order valence-corrected chi connectivity index (χ3v) is 11.2. The van der Waals surface area contributed by atoms with Crippen LogP contribution in [0, 0.1) is 28.6 Å². The first kappa shape index (κ1) is 29.7. The Bertz CT molecular complexity index is 911. The summed E-state index contributed by atoms with van der Waals surface area (Å²) in [5.41, 5.74) is 3.29. The van der Waals surface area contributed by atoms with Crippen molar-refractivity contribution in [3.63, 3.8) is 0 Å². The molecule has 0 radical (unpaired) electrons. The van der Waals surface area contributed by atoms with E-state index in [1.807, 2.05) is 0 Å². The number of aliphatic hydroxyl groups is 3. The molecule has 38 heavy (non-hydrogen) atoms. The number of aliphatic hydroxyl groups excluding tert-OH is 3. The maximum Gasteiger partial charge on any atom is 0.139 e. The lowest BCUT2D eigenvalue weighted by atomic mass is 9.60. The average Bonchev–Trinajstić information content (AvgIpc) is 3.60. The molecule has 4 rings (SSSR count). The Morgan fingerprint density at radius 2 is 1.89 bits per heavy atom. The standard InChI is InChI=1S/C34H54O4/c1-5-6-7-8-11-32(38)34(19-20-34)18-16-30(36)24(3)28-14-15-29-25(10-9-17-33(28,29)4)12-13-26-21-27(35)22-31(37)23(26)2/h12-13,24,27-31,35-37H,2,5-11,14-22H2,1,3-4H3/t24-,27+,28+,29-,30-,31-,33+/m0/s1. The summed E-state index contributed by atoms with van der Waals surface area (Å²) in [6.07, 6.45) is 18.6. The van der Waals surface area contributed by atoms with Crippen molar-refractivity contribution < 1.29 is 20.1 Å². The first-order valence-corrected chi connectivity index (χ1v) is 15.8. The van der Waals surface area contributed by atoms with E-state index in [0.29, 0.717) is 30.5 Å². The topological polar surface area (TPSA) is 77.8 Å². The van der Waals surface area contributed by atoms with Gasteiger partial charge >= 0.3 is 0 Å². The number of Topliss-reactive ketones (excluding diaryl/α,β-unsaturated/α-hetero) is 1. The highest BCUT2D eigenvalue weighted by molar-refractivity contribution is 5.87. The Morgan fingerprint density at radius 1 is 1.13 bits per heavy atom. The monoisotopic (exact) mass is 526 g/mol. The molecule has 3 N–H and O–H groups in total. The maximum atomic E-state index is 12.9. The number of fused-ring (bicyclic) bond motifs is 1. The Kier molecular flexibility index (Phi) is 9.80. The van der Waals surface area contributed by atoms with Gasteiger partial charge in [0.15, 0.2) is 0 Å². The molecule has 0 saturated heterocycles. The van der Waals surface area contributed by atoms with E-state index in [2.05, 4.69) is 39.5 Å². The molecular formula is C34H54O4. The largest absolute Gasteiger partial charge is 0.393 e. The van der Waals surface area contributed by atoms with Gasteiger partial charge in [-0.1, -0.05) is 64.3 Å². The van der Waals surface area contributed by atoms with Crippen LogP contribution in [0.3, 0.4) is 0 Å². The Morgan fingerprint density at radius 3 is 2.61 bits per heavy atom. The summed E-state index contributed by atoms with van der Waals surface area (Å²) >= 11 is 0. The minimum atomic E-state index is -0.649. The van der Waals surface area contributed by atoms with Crippen LogP contribution in [-0.2, 0) is 4.79 Å². The zero-order valence-corrected chi connectivity index (χ0v) is 24.4. The van der Waals surface area contributed by atoms with Crippen molar-refractivity contribution in [2.75, 3.05) is 0 Å². The molecule has 0 aromatic rings. The molecular weight excluding hydrogens is 472 g/mol. The van der Waals surface area contributed by atoms with E-state index in [9.17, 15) is 20.1 Å². The normalized spacial score (nSPS) is 36.3. The van der Waals surface area contributed by atoms with Gasteiger partial charge in [0.1, 0.15) is 5.78 Å². The molecule has 0 aromatic carbocycles. The molecule has 0 aliphatic heterocycles. The maximum absolute atomic E-state index is 12.9. The van der Waals surface area contributed by atoms with Gasteiger partial charge < -0.3 is 15.3 Å². The predicted octanol–water partition coefficient (Wildman–Crippen LogP) is 7.22. The number of carbonyl (C=O) groups is 1. The molecule has 214 valence electrons. The molecule has 4 aliphatic rings. The summed E-state index contributed by atoms with van der Waals surface area (Å²) in [6, 6.07) is 0. The van der Waals surface area contributed by atoms with Crippen LogP contribution in [0.1, 0.15) is 124 Å². The van der Waals surface area contributed by atoms with E-state index in [-0.39, 0.29) is 22.9 Å². The van der Waals surface area contributed by atoms with Crippen molar-refractivity contribution >= 4 is 5.78 Å². The minimum Gasteiger partial charge on any atom is -0.393 e. The van der Waals surface area contributed by atoms with Gasteiger partial charge in [0, 0.05) is 18.3 Å². The molecule has 0 bridgehead atoms. The van der Waals surface area contributed by atoms with Crippen molar-refractivity contribution in [1.82, 2.24) is 0 Å². The van der Waals surface area contributed by atoms with E-state index in [0.717, 1.165) is 68.9 Å². The third-order valence-electron chi connectivity index (χ3n) is 11.2. The van der Waals surface area contributed by atoms with E-state index in [1.165, 1.54) is 37.7 Å². The highest BCUT2D eigenvalue weighted by Crippen LogP contribution is 2.60. The predicted molar refractivity (Wildman–Crippen MR) is 155 cm³/mol. The average molecular weight is 527 g/mol. The second-order valence-corrected chi connectivity index (χ2v) is 13.6. The Balaban J connectivity index is 1.36. The van der Waals surface area contributed by atoms with Crippen molar-refractivity contribution in [3.8, 4) is 0 Å². The first-order chi connectivity index (χ1) is 18.1. The zero-order valence-electron chi connectivity index (χ0n) is 24.4. The van der Waals surface area contributed by atoms with Crippen molar-refractivity contribution in [2.45, 2.75) is 142 Å². The number of carbonyl (C=O) groups excluding carboxylic acids is 1. The highest BCUT2D eigenvalue weighted by atomic mass is 16.3. The summed E-state index contributed by atoms with van der Waals surface area (Å²) in [7, 11) is 0. The number of rotatable bonds is 12. The molecule has 4 saturated carbocycles. The van der Waals surface area contributed by atoms with Gasteiger partial charge in [-0.3, -0.25) is 4.79 Å². The highest BCUT2D eigenvalue weighted by Gasteiger charge is 2.52. The molecule has 4 heteroatoms. The SMILES string of the molecule is C=C1C(=CC=C2CCC[C@]3(C)[C@@H]([C@H](C)[C@@H](O)CCC4(C(=O)CCCCCC)CC4)CC[C@@H]23)C[C@@H](O)C[C@@H]1O. The fourth-order valence-electron chi connectivity index (χ4n) is 8.36. The lowest BCUT2D eigenvalue weighted by Crippen LogP contribution is -2.39. The van der Waals surface area contributed by atoms with E-state index < -0.39 is 12.2 Å². The Hall–Kier alpha value is -1.23. The fraction of sp³-hybridized carbons (Fsp3) is 0.794. The molecule has 0 spiro atoms. The number of allylic oxidation sites excluding steroid dienone is 3. The number of hydrogen-bond donors (Lipinski definition) is 3. The van der Waals surface area contributed by atoms with Gasteiger partial charge in [-0.05, 0) is 105 Å². The van der Waals surface area contributed by atoms with Crippen LogP contribution in [0.25, 0.3) is 0 Å². The van der Waals surface area contributed by atoms with Crippen LogP contribution in [0.4, 0.5) is 0 Å². The van der Waals surface area contributed by atoms with Crippen molar-refractivity contribution in [2.24, 2.45) is 28.6 Å². The molecule has 4 nitrogen and oxygen atoms in total. The lowest BCUT2D eigenvalue weighted by Gasteiger charge is -2.45. The molecule has 4 aliphatic carbocycles.